The molecule has 0 atom stereocenters. The van der Waals surface area contributed by atoms with Crippen LogP contribution in [0.4, 0.5) is 5.82 Å². The van der Waals surface area contributed by atoms with Gasteiger partial charge in [-0.15, -0.1) is 0 Å². The van der Waals surface area contributed by atoms with Crippen molar-refractivity contribution in [1.82, 2.24) is 29.3 Å². The lowest BCUT2D eigenvalue weighted by Crippen LogP contribution is -2.26. The van der Waals surface area contributed by atoms with E-state index in [1.165, 1.54) is 6.33 Å². The number of anilines is 1. The fraction of sp³-hybridized carbons (Fsp3) is 0.100. The van der Waals surface area contributed by atoms with Gasteiger partial charge in [0.15, 0.2) is 5.65 Å². The number of phenols is 1. The molecule has 0 aliphatic rings. The molecule has 3 heterocycles. The Morgan fingerprint density at radius 3 is 2.54 bits per heavy atom. The van der Waals surface area contributed by atoms with Crippen molar-refractivity contribution in [2.45, 2.75) is 20.4 Å². The monoisotopic (exact) mass is 513 g/mol. The fourth-order valence-electron chi connectivity index (χ4n) is 4.69. The van der Waals surface area contributed by atoms with Crippen molar-refractivity contribution >= 4 is 27.8 Å². The molecular formula is C30H23N7O2. The normalized spacial score (nSPS) is 11.0. The Bertz CT molecular complexity index is 2030. The van der Waals surface area contributed by atoms with Gasteiger partial charge in [0.2, 0.25) is 0 Å². The molecule has 0 radical (unpaired) electrons. The van der Waals surface area contributed by atoms with Crippen LogP contribution in [0.2, 0.25) is 0 Å². The lowest BCUT2D eigenvalue weighted by Gasteiger charge is -2.16. The summed E-state index contributed by atoms with van der Waals surface area (Å²) in [6.45, 7) is 4.00. The molecule has 0 aliphatic carbocycles. The van der Waals surface area contributed by atoms with Crippen molar-refractivity contribution in [3.63, 3.8) is 0 Å². The zero-order valence-electron chi connectivity index (χ0n) is 21.3. The molecule has 9 nitrogen and oxygen atoms in total. The van der Waals surface area contributed by atoms with Crippen LogP contribution in [0.5, 0.6) is 5.75 Å². The van der Waals surface area contributed by atoms with E-state index in [1.54, 1.807) is 33.5 Å². The number of phenolic OH excluding ortho intramolecular Hbond substituents is 1. The van der Waals surface area contributed by atoms with Crippen LogP contribution in [0.25, 0.3) is 27.6 Å². The maximum Gasteiger partial charge on any atom is 0.266 e. The number of para-hydroxylation sites is 1. The van der Waals surface area contributed by atoms with Crippen LogP contribution >= 0.6 is 0 Å². The zero-order chi connectivity index (χ0) is 27.1. The molecule has 0 aliphatic heterocycles. The fourth-order valence-corrected chi connectivity index (χ4v) is 4.69. The number of nitrogen functional groups attached to an aromatic ring is 1. The first-order valence-corrected chi connectivity index (χ1v) is 12.3. The Morgan fingerprint density at radius 1 is 0.923 bits per heavy atom. The van der Waals surface area contributed by atoms with E-state index in [4.69, 9.17) is 15.8 Å². The summed E-state index contributed by atoms with van der Waals surface area (Å²) in [7, 11) is 0. The van der Waals surface area contributed by atoms with Crippen LogP contribution in [0.15, 0.2) is 77.9 Å². The summed E-state index contributed by atoms with van der Waals surface area (Å²) in [5.41, 5.74) is 10.7. The number of rotatable bonds is 3. The van der Waals surface area contributed by atoms with E-state index in [-0.39, 0.29) is 23.7 Å². The van der Waals surface area contributed by atoms with Gasteiger partial charge in [-0.1, -0.05) is 42.3 Å². The van der Waals surface area contributed by atoms with E-state index in [2.05, 4.69) is 21.8 Å². The van der Waals surface area contributed by atoms with E-state index < -0.39 is 0 Å². The molecule has 0 fully saturated rings. The molecule has 190 valence electrons. The van der Waals surface area contributed by atoms with E-state index in [9.17, 15) is 9.90 Å². The topological polar surface area (TPSA) is 125 Å². The Hall–Kier alpha value is -5.49. The minimum atomic E-state index is -0.156. The average molecular weight is 514 g/mol. The Morgan fingerprint density at radius 2 is 1.72 bits per heavy atom. The van der Waals surface area contributed by atoms with Gasteiger partial charge in [-0.25, -0.2) is 19.6 Å². The number of aromatic nitrogens is 6. The highest BCUT2D eigenvalue weighted by atomic mass is 16.3. The molecule has 3 aromatic carbocycles. The molecule has 3 aromatic heterocycles. The quantitative estimate of drug-likeness (QED) is 0.344. The van der Waals surface area contributed by atoms with Crippen LogP contribution in [0.1, 0.15) is 28.2 Å². The Balaban J connectivity index is 1.57. The minimum Gasteiger partial charge on any atom is -0.508 e. The molecule has 0 saturated heterocycles. The van der Waals surface area contributed by atoms with Crippen LogP contribution in [0, 0.1) is 25.7 Å². The smallest absolute Gasteiger partial charge is 0.266 e. The second-order valence-electron chi connectivity index (χ2n) is 9.19. The van der Waals surface area contributed by atoms with Gasteiger partial charge in [0.05, 0.1) is 22.0 Å². The molecule has 3 N–H and O–H groups in total. The zero-order valence-corrected chi connectivity index (χ0v) is 21.3. The Labute approximate surface area is 223 Å². The number of aromatic hydroxyl groups is 1. The van der Waals surface area contributed by atoms with Gasteiger partial charge in [-0.05, 0) is 61.2 Å². The van der Waals surface area contributed by atoms with E-state index in [0.29, 0.717) is 39.0 Å². The average Bonchev–Trinajstić information content (AvgIpc) is 3.27. The van der Waals surface area contributed by atoms with Gasteiger partial charge in [0.25, 0.3) is 5.56 Å². The summed E-state index contributed by atoms with van der Waals surface area (Å²) in [5.74, 6) is 6.90. The van der Waals surface area contributed by atoms with Gasteiger partial charge >= 0.3 is 0 Å². The number of aryl methyl sites for hydroxylation is 2. The van der Waals surface area contributed by atoms with E-state index in [1.807, 2.05) is 56.3 Å². The first-order chi connectivity index (χ1) is 18.9. The number of nitrogens with zero attached hydrogens (tertiary/aromatic N) is 6. The standard InChI is InChI=1S/C30H23N7O2/c1-18-7-3-4-12-24(18)37-25(34-22-11-5-8-19(2)26(22)30(37)39)16-36-29-27(28(31)32-17-33-29)23(35-36)14-13-20-9-6-10-21(38)15-20/h3-12,15,17,38H,16H2,1-2H3,(H2,31,32,33). The summed E-state index contributed by atoms with van der Waals surface area (Å²) in [6, 6.07) is 20.0. The van der Waals surface area contributed by atoms with E-state index in [0.717, 1.165) is 16.8 Å². The van der Waals surface area contributed by atoms with Crippen molar-refractivity contribution < 1.29 is 5.11 Å². The predicted octanol–water partition coefficient (Wildman–Crippen LogP) is 3.88. The molecule has 0 saturated carbocycles. The number of hydrogen-bond donors (Lipinski definition) is 2. The van der Waals surface area contributed by atoms with Gasteiger partial charge in [-0.2, -0.15) is 5.10 Å². The molecule has 0 unspecified atom stereocenters. The minimum absolute atomic E-state index is 0.117. The number of fused-ring (bicyclic) bond motifs is 2. The van der Waals surface area contributed by atoms with Crippen LogP contribution in [-0.2, 0) is 6.54 Å². The predicted molar refractivity (Wildman–Crippen MR) is 150 cm³/mol. The van der Waals surface area contributed by atoms with Crippen molar-refractivity contribution in [3.8, 4) is 23.3 Å². The maximum atomic E-state index is 13.9. The summed E-state index contributed by atoms with van der Waals surface area (Å²) in [4.78, 5) is 27.4. The molecule has 6 aromatic rings. The van der Waals surface area contributed by atoms with Gasteiger partial charge in [0, 0.05) is 5.56 Å². The largest absolute Gasteiger partial charge is 0.508 e. The highest BCUT2D eigenvalue weighted by molar-refractivity contribution is 5.90. The van der Waals surface area contributed by atoms with Crippen LogP contribution < -0.4 is 11.3 Å². The van der Waals surface area contributed by atoms with Gasteiger partial charge in [0.1, 0.15) is 36.0 Å². The lowest BCUT2D eigenvalue weighted by atomic mass is 10.1. The molecule has 39 heavy (non-hydrogen) atoms. The first-order valence-electron chi connectivity index (χ1n) is 12.3. The second-order valence-corrected chi connectivity index (χ2v) is 9.19. The summed E-state index contributed by atoms with van der Waals surface area (Å²) in [6.07, 6.45) is 1.37. The third-order valence-electron chi connectivity index (χ3n) is 6.55. The molecule has 0 amide bonds. The number of hydrogen-bond acceptors (Lipinski definition) is 7. The van der Waals surface area contributed by atoms with Gasteiger partial charge in [-0.3, -0.25) is 9.36 Å². The van der Waals surface area contributed by atoms with Crippen LogP contribution in [-0.4, -0.2) is 34.4 Å². The molecule has 0 spiro atoms. The molecule has 6 rings (SSSR count). The third-order valence-corrected chi connectivity index (χ3v) is 6.55. The molecule has 9 heteroatoms. The number of benzene rings is 3. The third kappa shape index (κ3) is 4.24. The SMILES string of the molecule is Cc1ccccc1-n1c(Cn2nc(C#Cc3cccc(O)c3)c3c(N)ncnc32)nc2cccc(C)c2c1=O. The molecule has 0 bridgehead atoms. The summed E-state index contributed by atoms with van der Waals surface area (Å²) >= 11 is 0. The van der Waals surface area contributed by atoms with Crippen LogP contribution in [0.3, 0.4) is 0 Å². The van der Waals surface area contributed by atoms with Crippen molar-refractivity contribution in [3.05, 3.63) is 112 Å². The summed E-state index contributed by atoms with van der Waals surface area (Å²) in [5, 5.41) is 15.6. The maximum absolute atomic E-state index is 13.9. The second kappa shape index (κ2) is 9.43. The molecular weight excluding hydrogens is 490 g/mol. The van der Waals surface area contributed by atoms with Crippen molar-refractivity contribution in [2.75, 3.05) is 5.73 Å². The Kier molecular flexibility index (Phi) is 5.77. The summed E-state index contributed by atoms with van der Waals surface area (Å²) < 4.78 is 3.28. The lowest BCUT2D eigenvalue weighted by molar-refractivity contribution is 0.475. The highest BCUT2D eigenvalue weighted by Crippen LogP contribution is 2.23. The van der Waals surface area contributed by atoms with E-state index >= 15 is 0 Å². The van der Waals surface area contributed by atoms with Crippen molar-refractivity contribution in [1.29, 1.82) is 0 Å². The highest BCUT2D eigenvalue weighted by Gasteiger charge is 2.20. The first kappa shape index (κ1) is 23.9. The number of nitrogens with two attached hydrogens (primary N) is 1. The van der Waals surface area contributed by atoms with Crippen molar-refractivity contribution in [2.24, 2.45) is 0 Å². The van der Waals surface area contributed by atoms with Gasteiger partial charge < -0.3 is 10.8 Å².